The summed E-state index contributed by atoms with van der Waals surface area (Å²) in [5.41, 5.74) is 1.67. The van der Waals surface area contributed by atoms with Gasteiger partial charge in [-0.1, -0.05) is 13.3 Å². The fraction of sp³-hybridized carbons (Fsp3) is 0.462. The number of alkyl halides is 1. The Morgan fingerprint density at radius 2 is 2.17 bits per heavy atom. The van der Waals surface area contributed by atoms with E-state index >= 15 is 0 Å². The first-order chi connectivity index (χ1) is 8.83. The van der Waals surface area contributed by atoms with Crippen molar-refractivity contribution in [3.8, 4) is 0 Å². The van der Waals surface area contributed by atoms with Crippen molar-refractivity contribution in [2.45, 2.75) is 32.2 Å². The first-order valence-corrected chi connectivity index (χ1v) is 6.77. The van der Waals surface area contributed by atoms with Gasteiger partial charge in [0.1, 0.15) is 5.52 Å². The number of hydrogen-bond acceptors (Lipinski definition) is 4. The van der Waals surface area contributed by atoms with Gasteiger partial charge in [0.2, 0.25) is 5.95 Å². The molecule has 2 rings (SSSR count). The summed E-state index contributed by atoms with van der Waals surface area (Å²) in [4.78, 5) is 12.9. The quantitative estimate of drug-likeness (QED) is 0.814. The summed E-state index contributed by atoms with van der Waals surface area (Å²) in [5.74, 6) is 1.30. The molecular formula is C13H17ClN4. The zero-order valence-electron chi connectivity index (χ0n) is 10.4. The summed E-state index contributed by atoms with van der Waals surface area (Å²) in [7, 11) is 0. The molecule has 2 aromatic heterocycles. The summed E-state index contributed by atoms with van der Waals surface area (Å²) in [6.45, 7) is 2.16. The third-order valence-electron chi connectivity index (χ3n) is 2.78. The maximum absolute atomic E-state index is 5.80. The van der Waals surface area contributed by atoms with Crippen LogP contribution < -0.4 is 5.32 Å². The Balaban J connectivity index is 2.14. The fourth-order valence-corrected chi connectivity index (χ4v) is 2.15. The van der Waals surface area contributed by atoms with Crippen molar-refractivity contribution in [3.63, 3.8) is 0 Å². The number of fused-ring (bicyclic) bond motifs is 1. The molecule has 0 aliphatic heterocycles. The van der Waals surface area contributed by atoms with E-state index in [0.717, 1.165) is 30.3 Å². The van der Waals surface area contributed by atoms with Crippen LogP contribution in [0.25, 0.3) is 11.0 Å². The van der Waals surface area contributed by atoms with Crippen LogP contribution in [0.1, 0.15) is 26.2 Å². The molecule has 18 heavy (non-hydrogen) atoms. The third-order valence-corrected chi connectivity index (χ3v) is 3.00. The zero-order valence-corrected chi connectivity index (χ0v) is 11.2. The Bertz CT molecular complexity index is 497. The normalized spacial score (nSPS) is 12.6. The number of nitrogens with one attached hydrogen (secondary N) is 1. The molecule has 0 saturated carbocycles. The van der Waals surface area contributed by atoms with E-state index in [1.807, 2.05) is 12.1 Å². The lowest BCUT2D eigenvalue weighted by Crippen LogP contribution is -2.21. The second-order valence-electron chi connectivity index (χ2n) is 4.21. The highest BCUT2D eigenvalue weighted by atomic mass is 35.5. The lowest BCUT2D eigenvalue weighted by Gasteiger charge is -2.16. The van der Waals surface area contributed by atoms with Crippen LogP contribution in [0.15, 0.2) is 24.5 Å². The van der Waals surface area contributed by atoms with Crippen molar-refractivity contribution in [2.24, 2.45) is 0 Å². The molecule has 0 spiro atoms. The SMILES string of the molecule is CCCC(CCCl)Nc1ncc2ncccc2n1. The topological polar surface area (TPSA) is 50.7 Å². The summed E-state index contributed by atoms with van der Waals surface area (Å²) in [6, 6.07) is 4.15. The van der Waals surface area contributed by atoms with Gasteiger partial charge in [-0.05, 0) is 25.0 Å². The van der Waals surface area contributed by atoms with Crippen molar-refractivity contribution in [1.82, 2.24) is 15.0 Å². The molecular weight excluding hydrogens is 248 g/mol. The van der Waals surface area contributed by atoms with Gasteiger partial charge >= 0.3 is 0 Å². The average molecular weight is 265 g/mol. The predicted molar refractivity (Wildman–Crippen MR) is 75.0 cm³/mol. The molecule has 0 radical (unpaired) electrons. The van der Waals surface area contributed by atoms with E-state index in [2.05, 4.69) is 27.2 Å². The fourth-order valence-electron chi connectivity index (χ4n) is 1.89. The number of rotatable bonds is 6. The van der Waals surface area contributed by atoms with E-state index in [1.54, 1.807) is 12.4 Å². The van der Waals surface area contributed by atoms with E-state index in [0.29, 0.717) is 17.9 Å². The summed E-state index contributed by atoms with van der Waals surface area (Å²) in [6.07, 6.45) is 6.59. The largest absolute Gasteiger partial charge is 0.351 e. The molecule has 0 amide bonds. The Kier molecular flexibility index (Phi) is 4.70. The van der Waals surface area contributed by atoms with E-state index in [4.69, 9.17) is 11.6 Å². The molecule has 0 aliphatic carbocycles. The monoisotopic (exact) mass is 264 g/mol. The van der Waals surface area contributed by atoms with Crippen molar-refractivity contribution in [3.05, 3.63) is 24.5 Å². The van der Waals surface area contributed by atoms with Crippen LogP contribution in [0.5, 0.6) is 0 Å². The molecule has 5 heteroatoms. The van der Waals surface area contributed by atoms with Crippen LogP contribution in [0.4, 0.5) is 5.95 Å². The van der Waals surface area contributed by atoms with Crippen LogP contribution in [0.2, 0.25) is 0 Å². The van der Waals surface area contributed by atoms with Crippen molar-refractivity contribution in [2.75, 3.05) is 11.2 Å². The van der Waals surface area contributed by atoms with Gasteiger partial charge in [-0.2, -0.15) is 0 Å². The van der Waals surface area contributed by atoms with Crippen LogP contribution >= 0.6 is 11.6 Å². The molecule has 1 unspecified atom stereocenters. The van der Waals surface area contributed by atoms with Crippen molar-refractivity contribution < 1.29 is 0 Å². The van der Waals surface area contributed by atoms with Gasteiger partial charge in [0.25, 0.3) is 0 Å². The molecule has 0 saturated heterocycles. The lowest BCUT2D eigenvalue weighted by atomic mass is 10.1. The van der Waals surface area contributed by atoms with E-state index in [-0.39, 0.29) is 0 Å². The van der Waals surface area contributed by atoms with Crippen LogP contribution in [0.3, 0.4) is 0 Å². The minimum absolute atomic E-state index is 0.335. The second kappa shape index (κ2) is 6.50. The highest BCUT2D eigenvalue weighted by Gasteiger charge is 2.09. The van der Waals surface area contributed by atoms with Crippen LogP contribution in [0, 0.1) is 0 Å². The van der Waals surface area contributed by atoms with Gasteiger partial charge in [0.15, 0.2) is 0 Å². The van der Waals surface area contributed by atoms with E-state index in [1.165, 1.54) is 0 Å². The standard InChI is InChI=1S/C13H17ClN4/c1-2-4-10(6-7-14)17-13-16-9-12-11(18-13)5-3-8-15-12/h3,5,8-10H,2,4,6-7H2,1H3,(H,16,17,18). The minimum atomic E-state index is 0.335. The zero-order chi connectivity index (χ0) is 12.8. The number of pyridine rings is 1. The summed E-state index contributed by atoms with van der Waals surface area (Å²) < 4.78 is 0. The van der Waals surface area contributed by atoms with Gasteiger partial charge < -0.3 is 5.32 Å². The minimum Gasteiger partial charge on any atom is -0.351 e. The molecule has 0 bridgehead atoms. The molecule has 1 N–H and O–H groups in total. The molecule has 1 atom stereocenters. The molecule has 0 aromatic carbocycles. The first kappa shape index (κ1) is 13.0. The Morgan fingerprint density at radius 1 is 1.28 bits per heavy atom. The number of hydrogen-bond donors (Lipinski definition) is 1. The summed E-state index contributed by atoms with van der Waals surface area (Å²) >= 11 is 5.80. The lowest BCUT2D eigenvalue weighted by molar-refractivity contribution is 0.620. The highest BCUT2D eigenvalue weighted by molar-refractivity contribution is 6.17. The van der Waals surface area contributed by atoms with E-state index < -0.39 is 0 Å². The molecule has 96 valence electrons. The molecule has 2 aromatic rings. The van der Waals surface area contributed by atoms with Gasteiger partial charge in [-0.25, -0.2) is 9.97 Å². The van der Waals surface area contributed by atoms with Gasteiger partial charge in [-0.3, -0.25) is 4.98 Å². The number of anilines is 1. The number of halogens is 1. The second-order valence-corrected chi connectivity index (χ2v) is 4.59. The molecule has 2 heterocycles. The Labute approximate surface area is 112 Å². The van der Waals surface area contributed by atoms with Gasteiger partial charge in [0.05, 0.1) is 11.7 Å². The Hall–Kier alpha value is -1.42. The predicted octanol–water partition coefficient (Wildman–Crippen LogP) is 3.23. The average Bonchev–Trinajstić information content (AvgIpc) is 2.39. The molecule has 0 aliphatic rings. The maximum Gasteiger partial charge on any atom is 0.223 e. The Morgan fingerprint density at radius 3 is 2.94 bits per heavy atom. The van der Waals surface area contributed by atoms with Crippen LogP contribution in [-0.4, -0.2) is 26.9 Å². The first-order valence-electron chi connectivity index (χ1n) is 6.23. The van der Waals surface area contributed by atoms with Crippen molar-refractivity contribution in [1.29, 1.82) is 0 Å². The van der Waals surface area contributed by atoms with Gasteiger partial charge in [0, 0.05) is 18.1 Å². The maximum atomic E-state index is 5.80. The molecule has 4 nitrogen and oxygen atoms in total. The third kappa shape index (κ3) is 3.29. The number of nitrogens with zero attached hydrogens (tertiary/aromatic N) is 3. The number of aromatic nitrogens is 3. The smallest absolute Gasteiger partial charge is 0.223 e. The van der Waals surface area contributed by atoms with Gasteiger partial charge in [-0.15, -0.1) is 11.6 Å². The summed E-state index contributed by atoms with van der Waals surface area (Å²) in [5, 5.41) is 3.34. The van der Waals surface area contributed by atoms with E-state index in [9.17, 15) is 0 Å². The highest BCUT2D eigenvalue weighted by Crippen LogP contribution is 2.13. The van der Waals surface area contributed by atoms with Crippen molar-refractivity contribution >= 4 is 28.6 Å². The molecule has 0 fully saturated rings. The van der Waals surface area contributed by atoms with Crippen LogP contribution in [-0.2, 0) is 0 Å².